The fourth-order valence-corrected chi connectivity index (χ4v) is 2.24. The van der Waals surface area contributed by atoms with Gasteiger partial charge >= 0.3 is 0 Å². The van der Waals surface area contributed by atoms with Crippen LogP contribution in [0.5, 0.6) is 0 Å². The monoisotopic (exact) mass is 251 g/mol. The maximum absolute atomic E-state index is 5.73. The molecule has 1 aliphatic heterocycles. The van der Waals surface area contributed by atoms with Crippen LogP contribution in [0, 0.1) is 0 Å². The van der Waals surface area contributed by atoms with E-state index in [-0.39, 0.29) is 12.2 Å². The Balaban J connectivity index is 2.25. The second-order valence-corrected chi connectivity index (χ2v) is 4.69. The molecular formula is C12H21N5O. The number of nitrogens with two attached hydrogens (primary N) is 1. The van der Waals surface area contributed by atoms with E-state index < -0.39 is 0 Å². The number of ether oxygens (including phenoxy) is 1. The summed E-state index contributed by atoms with van der Waals surface area (Å²) in [5, 5.41) is 0. The van der Waals surface area contributed by atoms with Gasteiger partial charge in [0, 0.05) is 25.6 Å². The summed E-state index contributed by atoms with van der Waals surface area (Å²) in [4.78, 5) is 11.1. The molecule has 3 N–H and O–H groups in total. The standard InChI is InChI=1S/C12H21N5O/c1-4-10-14-11(16-13)5-12(15-10)17-6-8(2)18-9(3)7-17/h5,8-9H,4,6-7,13H2,1-3H3,(H,14,15,16). The van der Waals surface area contributed by atoms with Crippen molar-refractivity contribution in [1.82, 2.24) is 9.97 Å². The van der Waals surface area contributed by atoms with Crippen molar-refractivity contribution < 1.29 is 4.74 Å². The van der Waals surface area contributed by atoms with Gasteiger partial charge in [0.05, 0.1) is 12.2 Å². The number of nitrogens with zero attached hydrogens (tertiary/aromatic N) is 3. The average molecular weight is 251 g/mol. The van der Waals surface area contributed by atoms with Gasteiger partial charge in [0.25, 0.3) is 0 Å². The zero-order valence-corrected chi connectivity index (χ0v) is 11.2. The lowest BCUT2D eigenvalue weighted by Crippen LogP contribution is -2.46. The minimum absolute atomic E-state index is 0.211. The van der Waals surface area contributed by atoms with E-state index >= 15 is 0 Å². The second-order valence-electron chi connectivity index (χ2n) is 4.69. The van der Waals surface area contributed by atoms with Crippen LogP contribution in [0.1, 0.15) is 26.6 Å². The number of hydrogen-bond acceptors (Lipinski definition) is 6. The molecule has 6 heteroatoms. The molecule has 6 nitrogen and oxygen atoms in total. The fraction of sp³-hybridized carbons (Fsp3) is 0.667. The van der Waals surface area contributed by atoms with Gasteiger partial charge in [-0.2, -0.15) is 0 Å². The second kappa shape index (κ2) is 5.49. The first-order valence-corrected chi connectivity index (χ1v) is 6.37. The number of aryl methyl sites for hydroxylation is 1. The highest BCUT2D eigenvalue weighted by atomic mass is 16.5. The van der Waals surface area contributed by atoms with Crippen molar-refractivity contribution in [1.29, 1.82) is 0 Å². The van der Waals surface area contributed by atoms with Crippen LogP contribution in [-0.4, -0.2) is 35.3 Å². The van der Waals surface area contributed by atoms with E-state index in [1.807, 2.05) is 13.0 Å². The highest BCUT2D eigenvalue weighted by molar-refractivity contribution is 5.49. The fourth-order valence-electron chi connectivity index (χ4n) is 2.24. The molecule has 1 aromatic rings. The first kappa shape index (κ1) is 13.0. The summed E-state index contributed by atoms with van der Waals surface area (Å²) in [5.74, 6) is 7.81. The van der Waals surface area contributed by atoms with Gasteiger partial charge in [-0.25, -0.2) is 15.8 Å². The molecule has 0 radical (unpaired) electrons. The number of morpholine rings is 1. The molecule has 100 valence electrons. The third kappa shape index (κ3) is 2.88. The predicted octanol–water partition coefficient (Wildman–Crippen LogP) is 0.938. The van der Waals surface area contributed by atoms with Crippen molar-refractivity contribution in [3.8, 4) is 0 Å². The SMILES string of the molecule is CCc1nc(NN)cc(N2CC(C)OC(C)C2)n1. The van der Waals surface area contributed by atoms with Crippen molar-refractivity contribution in [3.05, 3.63) is 11.9 Å². The summed E-state index contributed by atoms with van der Waals surface area (Å²) >= 11 is 0. The maximum atomic E-state index is 5.73. The van der Waals surface area contributed by atoms with Crippen LogP contribution in [0.15, 0.2) is 6.07 Å². The zero-order chi connectivity index (χ0) is 13.1. The van der Waals surface area contributed by atoms with E-state index in [1.165, 1.54) is 0 Å². The number of nitrogens with one attached hydrogen (secondary N) is 1. The van der Waals surface area contributed by atoms with Crippen LogP contribution < -0.4 is 16.2 Å². The molecular weight excluding hydrogens is 230 g/mol. The first-order valence-electron chi connectivity index (χ1n) is 6.37. The van der Waals surface area contributed by atoms with E-state index in [0.29, 0.717) is 5.82 Å². The normalized spacial score (nSPS) is 24.1. The van der Waals surface area contributed by atoms with Crippen molar-refractivity contribution >= 4 is 11.6 Å². The Morgan fingerprint density at radius 3 is 2.61 bits per heavy atom. The van der Waals surface area contributed by atoms with E-state index in [9.17, 15) is 0 Å². The molecule has 1 fully saturated rings. The van der Waals surface area contributed by atoms with Crippen molar-refractivity contribution in [2.45, 2.75) is 39.4 Å². The van der Waals surface area contributed by atoms with Crippen LogP contribution in [0.2, 0.25) is 0 Å². The quantitative estimate of drug-likeness (QED) is 0.615. The molecule has 1 aliphatic rings. The summed E-state index contributed by atoms with van der Waals surface area (Å²) in [5.41, 5.74) is 2.59. The van der Waals surface area contributed by atoms with Gasteiger partial charge in [-0.05, 0) is 13.8 Å². The van der Waals surface area contributed by atoms with Crippen LogP contribution in [0.3, 0.4) is 0 Å². The van der Waals surface area contributed by atoms with Gasteiger partial charge in [0.2, 0.25) is 0 Å². The lowest BCUT2D eigenvalue weighted by atomic mass is 10.2. The number of aromatic nitrogens is 2. The molecule has 2 heterocycles. The lowest BCUT2D eigenvalue weighted by Gasteiger charge is -2.36. The minimum atomic E-state index is 0.211. The largest absolute Gasteiger partial charge is 0.372 e. The van der Waals surface area contributed by atoms with Gasteiger partial charge in [0.1, 0.15) is 17.5 Å². The summed E-state index contributed by atoms with van der Waals surface area (Å²) in [7, 11) is 0. The van der Waals surface area contributed by atoms with E-state index in [0.717, 1.165) is 31.2 Å². The number of rotatable bonds is 3. The van der Waals surface area contributed by atoms with Crippen molar-refractivity contribution in [2.24, 2.45) is 5.84 Å². The Kier molecular flexibility index (Phi) is 3.98. The molecule has 18 heavy (non-hydrogen) atoms. The molecule has 0 aromatic carbocycles. The van der Waals surface area contributed by atoms with Gasteiger partial charge in [0.15, 0.2) is 0 Å². The molecule has 2 rings (SSSR count). The topological polar surface area (TPSA) is 76.3 Å². The molecule has 2 unspecified atom stereocenters. The Morgan fingerprint density at radius 2 is 2.06 bits per heavy atom. The molecule has 2 atom stereocenters. The molecule has 0 aliphatic carbocycles. The highest BCUT2D eigenvalue weighted by Crippen LogP contribution is 2.20. The van der Waals surface area contributed by atoms with Crippen LogP contribution >= 0.6 is 0 Å². The van der Waals surface area contributed by atoms with Crippen molar-refractivity contribution in [2.75, 3.05) is 23.4 Å². The van der Waals surface area contributed by atoms with Crippen molar-refractivity contribution in [3.63, 3.8) is 0 Å². The minimum Gasteiger partial charge on any atom is -0.372 e. The van der Waals surface area contributed by atoms with Gasteiger partial charge in [-0.15, -0.1) is 0 Å². The maximum Gasteiger partial charge on any atom is 0.145 e. The van der Waals surface area contributed by atoms with E-state index in [2.05, 4.69) is 34.1 Å². The third-order valence-corrected chi connectivity index (χ3v) is 2.97. The van der Waals surface area contributed by atoms with E-state index in [4.69, 9.17) is 10.6 Å². The Bertz CT molecular complexity index is 379. The number of hydrazine groups is 1. The summed E-state index contributed by atoms with van der Waals surface area (Å²) in [6, 6.07) is 1.88. The van der Waals surface area contributed by atoms with Crippen LogP contribution in [0.25, 0.3) is 0 Å². The van der Waals surface area contributed by atoms with Crippen LogP contribution in [-0.2, 0) is 11.2 Å². The van der Waals surface area contributed by atoms with Gasteiger partial charge in [-0.3, -0.25) is 0 Å². The number of nitrogen functional groups attached to an aromatic ring is 1. The first-order chi connectivity index (χ1) is 8.62. The Labute approximate surface area is 108 Å². The molecule has 1 saturated heterocycles. The van der Waals surface area contributed by atoms with Gasteiger partial charge in [-0.1, -0.05) is 6.92 Å². The summed E-state index contributed by atoms with van der Waals surface area (Å²) < 4.78 is 5.73. The third-order valence-electron chi connectivity index (χ3n) is 2.97. The highest BCUT2D eigenvalue weighted by Gasteiger charge is 2.23. The molecule has 0 spiro atoms. The average Bonchev–Trinajstić information content (AvgIpc) is 2.37. The van der Waals surface area contributed by atoms with E-state index in [1.54, 1.807) is 0 Å². The number of anilines is 2. The zero-order valence-electron chi connectivity index (χ0n) is 11.2. The molecule has 0 amide bonds. The summed E-state index contributed by atoms with van der Waals surface area (Å²) in [6.45, 7) is 7.87. The predicted molar refractivity (Wildman–Crippen MR) is 71.4 cm³/mol. The number of hydrogen-bond donors (Lipinski definition) is 2. The Hall–Kier alpha value is -1.40. The molecule has 0 saturated carbocycles. The van der Waals surface area contributed by atoms with Gasteiger partial charge < -0.3 is 15.1 Å². The molecule has 0 bridgehead atoms. The Morgan fingerprint density at radius 1 is 1.39 bits per heavy atom. The smallest absolute Gasteiger partial charge is 0.145 e. The van der Waals surface area contributed by atoms with Crippen LogP contribution in [0.4, 0.5) is 11.6 Å². The summed E-state index contributed by atoms with van der Waals surface area (Å²) in [6.07, 6.45) is 1.21. The lowest BCUT2D eigenvalue weighted by molar-refractivity contribution is -0.00547. The molecule has 1 aromatic heterocycles.